The Kier molecular flexibility index (Phi) is 8.35. The van der Waals surface area contributed by atoms with Gasteiger partial charge in [-0.05, 0) is 55.0 Å². The molecular weight excluding hydrogens is 424 g/mol. The molecule has 0 saturated heterocycles. The first-order chi connectivity index (χ1) is 16.1. The summed E-state index contributed by atoms with van der Waals surface area (Å²) in [4.78, 5) is 28.2. The molecule has 2 N–H and O–H groups in total. The van der Waals surface area contributed by atoms with Gasteiger partial charge in [-0.25, -0.2) is 5.43 Å². The van der Waals surface area contributed by atoms with Gasteiger partial charge < -0.3 is 19.5 Å². The molecule has 3 aromatic rings. The fourth-order valence-corrected chi connectivity index (χ4v) is 2.80. The SMILES string of the molecule is CCOc1cc(/C=N/NC(=O)c2ccncc2)ccc1OCC(=O)Nc1ccccc1OC. The van der Waals surface area contributed by atoms with Crippen LogP contribution in [0.4, 0.5) is 5.69 Å². The van der Waals surface area contributed by atoms with Crippen LogP contribution in [0.1, 0.15) is 22.8 Å². The van der Waals surface area contributed by atoms with E-state index in [1.54, 1.807) is 48.5 Å². The topological polar surface area (TPSA) is 111 Å². The van der Waals surface area contributed by atoms with Crippen LogP contribution in [0.2, 0.25) is 0 Å². The van der Waals surface area contributed by atoms with Crippen LogP contribution in [0.15, 0.2) is 72.1 Å². The van der Waals surface area contributed by atoms with Gasteiger partial charge >= 0.3 is 0 Å². The van der Waals surface area contributed by atoms with Gasteiger partial charge in [-0.3, -0.25) is 14.6 Å². The summed E-state index contributed by atoms with van der Waals surface area (Å²) in [6.45, 7) is 2.03. The Morgan fingerprint density at radius 1 is 1.00 bits per heavy atom. The molecule has 0 aliphatic heterocycles. The molecule has 1 heterocycles. The minimum absolute atomic E-state index is 0.215. The van der Waals surface area contributed by atoms with Gasteiger partial charge in [0.05, 0.1) is 25.6 Å². The Labute approximate surface area is 191 Å². The number of hydrogen-bond acceptors (Lipinski definition) is 7. The number of aromatic nitrogens is 1. The number of carbonyl (C=O) groups excluding carboxylic acids is 2. The molecule has 0 fully saturated rings. The standard InChI is InChI=1S/C24H24N4O5/c1-3-32-22-14-17(15-26-28-24(30)18-10-12-25-13-11-18)8-9-21(22)33-16-23(29)27-19-6-4-5-7-20(19)31-2/h4-15H,3,16H2,1-2H3,(H,27,29)(H,28,30)/b26-15+. The molecule has 9 nitrogen and oxygen atoms in total. The number of benzene rings is 2. The molecule has 170 valence electrons. The van der Waals surface area contributed by atoms with E-state index in [9.17, 15) is 9.59 Å². The molecule has 0 aliphatic rings. The maximum absolute atomic E-state index is 12.3. The average molecular weight is 448 g/mol. The number of carbonyl (C=O) groups is 2. The highest BCUT2D eigenvalue weighted by Crippen LogP contribution is 2.28. The number of hydrazone groups is 1. The third kappa shape index (κ3) is 6.79. The summed E-state index contributed by atoms with van der Waals surface area (Å²) in [7, 11) is 1.53. The molecule has 9 heteroatoms. The quantitative estimate of drug-likeness (QED) is 0.364. The maximum Gasteiger partial charge on any atom is 0.271 e. The van der Waals surface area contributed by atoms with E-state index in [0.29, 0.717) is 40.7 Å². The van der Waals surface area contributed by atoms with Gasteiger partial charge in [0.2, 0.25) is 0 Å². The zero-order chi connectivity index (χ0) is 23.5. The first-order valence-electron chi connectivity index (χ1n) is 10.2. The number of nitrogens with one attached hydrogen (secondary N) is 2. The van der Waals surface area contributed by atoms with Crippen molar-refractivity contribution in [1.82, 2.24) is 10.4 Å². The van der Waals surface area contributed by atoms with Crippen LogP contribution in [0.25, 0.3) is 0 Å². The van der Waals surface area contributed by atoms with Gasteiger partial charge in [-0.2, -0.15) is 5.10 Å². The number of methoxy groups -OCH3 is 1. The monoisotopic (exact) mass is 448 g/mol. The molecule has 0 atom stereocenters. The van der Waals surface area contributed by atoms with E-state index in [0.717, 1.165) is 0 Å². The highest BCUT2D eigenvalue weighted by Gasteiger charge is 2.11. The second kappa shape index (κ2) is 11.8. The summed E-state index contributed by atoms with van der Waals surface area (Å²) in [5, 5.41) is 6.72. The van der Waals surface area contributed by atoms with Gasteiger partial charge in [0.15, 0.2) is 18.1 Å². The van der Waals surface area contributed by atoms with Crippen molar-refractivity contribution < 1.29 is 23.8 Å². The van der Waals surface area contributed by atoms with Crippen molar-refractivity contribution in [1.29, 1.82) is 0 Å². The smallest absolute Gasteiger partial charge is 0.271 e. The Morgan fingerprint density at radius 3 is 2.55 bits per heavy atom. The molecule has 1 aromatic heterocycles. The summed E-state index contributed by atoms with van der Waals surface area (Å²) in [5.74, 6) is 0.726. The lowest BCUT2D eigenvalue weighted by Crippen LogP contribution is -2.20. The van der Waals surface area contributed by atoms with Crippen LogP contribution < -0.4 is 25.0 Å². The van der Waals surface area contributed by atoms with Crippen LogP contribution in [0, 0.1) is 0 Å². The van der Waals surface area contributed by atoms with E-state index in [1.807, 2.05) is 13.0 Å². The number of ether oxygens (including phenoxy) is 3. The van der Waals surface area contributed by atoms with Gasteiger partial charge in [-0.15, -0.1) is 0 Å². The third-order valence-electron chi connectivity index (χ3n) is 4.33. The summed E-state index contributed by atoms with van der Waals surface area (Å²) < 4.78 is 16.5. The second-order valence-corrected chi connectivity index (χ2v) is 6.61. The van der Waals surface area contributed by atoms with Crippen LogP contribution in [0.5, 0.6) is 17.2 Å². The fraction of sp³-hybridized carbons (Fsp3) is 0.167. The Hall–Kier alpha value is -4.40. The summed E-state index contributed by atoms with van der Waals surface area (Å²) >= 11 is 0. The zero-order valence-corrected chi connectivity index (χ0v) is 18.3. The van der Waals surface area contributed by atoms with Gasteiger partial charge in [0, 0.05) is 18.0 Å². The van der Waals surface area contributed by atoms with Crippen LogP contribution in [-0.4, -0.2) is 43.3 Å². The molecule has 2 aromatic carbocycles. The van der Waals surface area contributed by atoms with Crippen LogP contribution in [0.3, 0.4) is 0 Å². The molecule has 0 saturated carbocycles. The average Bonchev–Trinajstić information content (AvgIpc) is 2.84. The fourth-order valence-electron chi connectivity index (χ4n) is 2.80. The molecule has 3 rings (SSSR count). The largest absolute Gasteiger partial charge is 0.495 e. The molecule has 0 spiro atoms. The first kappa shape index (κ1) is 23.3. The maximum atomic E-state index is 12.3. The van der Waals surface area contributed by atoms with Crippen molar-refractivity contribution in [2.75, 3.05) is 25.6 Å². The normalized spacial score (nSPS) is 10.5. The van der Waals surface area contributed by atoms with Crippen LogP contribution in [-0.2, 0) is 4.79 Å². The minimum Gasteiger partial charge on any atom is -0.495 e. The van der Waals surface area contributed by atoms with Crippen molar-refractivity contribution in [2.24, 2.45) is 5.10 Å². The predicted octanol–water partition coefficient (Wildman–Crippen LogP) is 3.27. The summed E-state index contributed by atoms with van der Waals surface area (Å²) in [5.41, 5.74) is 4.14. The molecule has 0 unspecified atom stereocenters. The van der Waals surface area contributed by atoms with E-state index < -0.39 is 0 Å². The molecule has 0 radical (unpaired) electrons. The van der Waals surface area contributed by atoms with Crippen LogP contribution >= 0.6 is 0 Å². The Morgan fingerprint density at radius 2 is 1.79 bits per heavy atom. The molecule has 33 heavy (non-hydrogen) atoms. The van der Waals surface area contributed by atoms with Crippen molar-refractivity contribution in [3.63, 3.8) is 0 Å². The lowest BCUT2D eigenvalue weighted by Gasteiger charge is -2.13. The molecular formula is C24H24N4O5. The first-order valence-corrected chi connectivity index (χ1v) is 10.2. The van der Waals surface area contributed by atoms with Crippen molar-refractivity contribution in [3.8, 4) is 17.2 Å². The summed E-state index contributed by atoms with van der Waals surface area (Å²) in [6, 6.07) is 15.4. The number of nitrogens with zero attached hydrogens (tertiary/aromatic N) is 2. The highest BCUT2D eigenvalue weighted by atomic mass is 16.5. The van der Waals surface area contributed by atoms with Crippen molar-refractivity contribution >= 4 is 23.7 Å². The van der Waals surface area contributed by atoms with Gasteiger partial charge in [0.25, 0.3) is 11.8 Å². The van der Waals surface area contributed by atoms with Gasteiger partial charge in [0.1, 0.15) is 5.75 Å². The lowest BCUT2D eigenvalue weighted by molar-refractivity contribution is -0.118. The van der Waals surface area contributed by atoms with E-state index >= 15 is 0 Å². The van der Waals surface area contributed by atoms with Crippen molar-refractivity contribution in [2.45, 2.75) is 6.92 Å². The van der Waals surface area contributed by atoms with E-state index in [1.165, 1.54) is 25.7 Å². The number of amides is 2. The van der Waals surface area contributed by atoms with E-state index in [-0.39, 0.29) is 18.4 Å². The highest BCUT2D eigenvalue weighted by molar-refractivity contribution is 5.95. The summed E-state index contributed by atoms with van der Waals surface area (Å²) in [6.07, 6.45) is 4.55. The number of rotatable bonds is 10. The van der Waals surface area contributed by atoms with Gasteiger partial charge in [-0.1, -0.05) is 12.1 Å². The lowest BCUT2D eigenvalue weighted by atomic mass is 10.2. The minimum atomic E-state index is -0.348. The molecule has 0 aliphatic carbocycles. The third-order valence-corrected chi connectivity index (χ3v) is 4.33. The number of hydrogen-bond donors (Lipinski definition) is 2. The molecule has 2 amide bonds. The van der Waals surface area contributed by atoms with Crippen molar-refractivity contribution in [3.05, 3.63) is 78.1 Å². The number of anilines is 1. The number of pyridine rings is 1. The Bertz CT molecular complexity index is 1120. The predicted molar refractivity (Wildman–Crippen MR) is 124 cm³/mol. The number of para-hydroxylation sites is 2. The zero-order valence-electron chi connectivity index (χ0n) is 18.3. The second-order valence-electron chi connectivity index (χ2n) is 6.61. The molecule has 0 bridgehead atoms. The van der Waals surface area contributed by atoms with E-state index in [4.69, 9.17) is 14.2 Å². The van der Waals surface area contributed by atoms with E-state index in [2.05, 4.69) is 20.8 Å². The Balaban J connectivity index is 1.61.